The fraction of sp³-hybridized carbons (Fsp3) is 0.484. The van der Waals surface area contributed by atoms with Gasteiger partial charge in [-0.15, -0.1) is 12.4 Å². The summed E-state index contributed by atoms with van der Waals surface area (Å²) in [6.07, 6.45) is 3.18. The molecule has 2 heterocycles. The molecule has 0 unspecified atom stereocenters. The first-order valence-electron chi connectivity index (χ1n) is 14.3. The van der Waals surface area contributed by atoms with Gasteiger partial charge in [0.2, 0.25) is 5.91 Å². The van der Waals surface area contributed by atoms with Gasteiger partial charge in [0.1, 0.15) is 11.6 Å². The minimum absolute atomic E-state index is 0. The van der Waals surface area contributed by atoms with Crippen LogP contribution in [-0.4, -0.2) is 94.9 Å². The summed E-state index contributed by atoms with van der Waals surface area (Å²) in [6.45, 7) is 8.26. The maximum atomic E-state index is 15.2. The Morgan fingerprint density at radius 3 is 2.36 bits per heavy atom. The normalized spacial score (nSPS) is 15.3. The van der Waals surface area contributed by atoms with E-state index >= 15 is 4.39 Å². The number of piperazine rings is 1. The number of methoxy groups -OCH3 is 2. The number of amides is 1. The van der Waals surface area contributed by atoms with Crippen LogP contribution in [0.5, 0.6) is 11.5 Å². The van der Waals surface area contributed by atoms with Crippen LogP contribution >= 0.6 is 12.4 Å². The van der Waals surface area contributed by atoms with Gasteiger partial charge in [-0.25, -0.2) is 4.39 Å². The van der Waals surface area contributed by atoms with E-state index in [1.807, 2.05) is 35.4 Å². The molecule has 11 heteroatoms. The van der Waals surface area contributed by atoms with E-state index in [0.29, 0.717) is 56.1 Å². The molecule has 230 valence electrons. The van der Waals surface area contributed by atoms with Crippen LogP contribution in [0.15, 0.2) is 42.6 Å². The summed E-state index contributed by atoms with van der Waals surface area (Å²) < 4.78 is 31.2. The van der Waals surface area contributed by atoms with Gasteiger partial charge in [0.05, 0.1) is 25.9 Å². The van der Waals surface area contributed by atoms with Crippen molar-refractivity contribution < 1.29 is 28.2 Å². The molecule has 1 amide bonds. The van der Waals surface area contributed by atoms with Crippen molar-refractivity contribution in [2.75, 3.05) is 78.1 Å². The SMILES string of the molecule is CCC(=O)Oc1ccc(F)c2c1N(CCCNC(=O)CN1CCN(CCOC)CC1)C=C(c1ccc(OC)cc1)C2.Cl. The van der Waals surface area contributed by atoms with Crippen molar-refractivity contribution in [3.63, 3.8) is 0 Å². The molecule has 2 aliphatic heterocycles. The van der Waals surface area contributed by atoms with Crippen molar-refractivity contribution in [2.45, 2.75) is 26.2 Å². The lowest BCUT2D eigenvalue weighted by molar-refractivity contribution is -0.134. The molecule has 0 spiro atoms. The van der Waals surface area contributed by atoms with Crippen molar-refractivity contribution in [3.8, 4) is 11.5 Å². The number of fused-ring (bicyclic) bond motifs is 1. The predicted molar refractivity (Wildman–Crippen MR) is 164 cm³/mol. The first-order valence-corrected chi connectivity index (χ1v) is 14.3. The number of hydrogen-bond donors (Lipinski definition) is 1. The molecule has 0 atom stereocenters. The number of allylic oxidation sites excluding steroid dienone is 1. The molecular formula is C31H42ClFN4O5. The van der Waals surface area contributed by atoms with Gasteiger partial charge in [0.15, 0.2) is 5.75 Å². The Kier molecular flexibility index (Phi) is 13.1. The van der Waals surface area contributed by atoms with Gasteiger partial charge in [0.25, 0.3) is 0 Å². The first kappa shape index (κ1) is 33.3. The van der Waals surface area contributed by atoms with E-state index in [1.54, 1.807) is 21.1 Å². The molecule has 0 saturated carbocycles. The Morgan fingerprint density at radius 1 is 0.976 bits per heavy atom. The van der Waals surface area contributed by atoms with Crippen molar-refractivity contribution >= 4 is 35.5 Å². The number of hydrogen-bond acceptors (Lipinski definition) is 8. The van der Waals surface area contributed by atoms with E-state index in [9.17, 15) is 9.59 Å². The summed E-state index contributed by atoms with van der Waals surface area (Å²) in [5.41, 5.74) is 2.93. The number of carbonyl (C=O) groups excluding carboxylic acids is 2. The van der Waals surface area contributed by atoms with E-state index < -0.39 is 0 Å². The highest BCUT2D eigenvalue weighted by Gasteiger charge is 2.26. The van der Waals surface area contributed by atoms with Gasteiger partial charge in [-0.05, 0) is 41.8 Å². The Balaban J connectivity index is 0.00000484. The van der Waals surface area contributed by atoms with E-state index in [-0.39, 0.29) is 36.5 Å². The van der Waals surface area contributed by atoms with E-state index in [2.05, 4.69) is 15.1 Å². The lowest BCUT2D eigenvalue weighted by Crippen LogP contribution is -2.50. The third kappa shape index (κ3) is 8.91. The molecule has 4 rings (SSSR count). The Bertz CT molecular complexity index is 1220. The second-order valence-corrected chi connectivity index (χ2v) is 10.3. The highest BCUT2D eigenvalue weighted by molar-refractivity contribution is 5.85. The van der Waals surface area contributed by atoms with Crippen LogP contribution in [0, 0.1) is 5.82 Å². The zero-order chi connectivity index (χ0) is 29.2. The van der Waals surface area contributed by atoms with Crippen molar-refractivity contribution in [1.29, 1.82) is 0 Å². The second kappa shape index (κ2) is 16.5. The summed E-state index contributed by atoms with van der Waals surface area (Å²) in [7, 11) is 3.32. The molecule has 9 nitrogen and oxygen atoms in total. The van der Waals surface area contributed by atoms with E-state index in [4.69, 9.17) is 14.2 Å². The average molecular weight is 605 g/mol. The maximum absolute atomic E-state index is 15.2. The topological polar surface area (TPSA) is 83.6 Å². The zero-order valence-corrected chi connectivity index (χ0v) is 25.5. The van der Waals surface area contributed by atoms with Gasteiger partial charge < -0.3 is 24.4 Å². The van der Waals surface area contributed by atoms with E-state index in [0.717, 1.165) is 49.6 Å². The van der Waals surface area contributed by atoms with Crippen LogP contribution in [0.3, 0.4) is 0 Å². The molecule has 1 fully saturated rings. The quantitative estimate of drug-likeness (QED) is 0.210. The smallest absolute Gasteiger partial charge is 0.310 e. The molecule has 0 bridgehead atoms. The van der Waals surface area contributed by atoms with Gasteiger partial charge in [-0.3, -0.25) is 19.4 Å². The molecule has 42 heavy (non-hydrogen) atoms. The summed E-state index contributed by atoms with van der Waals surface area (Å²) in [5.74, 6) is 0.344. The van der Waals surface area contributed by atoms with Crippen LogP contribution in [0.1, 0.15) is 30.9 Å². The van der Waals surface area contributed by atoms with Crippen LogP contribution in [0.2, 0.25) is 0 Å². The van der Waals surface area contributed by atoms with E-state index in [1.165, 1.54) is 12.1 Å². The summed E-state index contributed by atoms with van der Waals surface area (Å²) in [6, 6.07) is 10.5. The highest BCUT2D eigenvalue weighted by atomic mass is 35.5. The summed E-state index contributed by atoms with van der Waals surface area (Å²) >= 11 is 0. The third-order valence-electron chi connectivity index (χ3n) is 7.47. The lowest BCUT2D eigenvalue weighted by atomic mass is 9.93. The van der Waals surface area contributed by atoms with Crippen LogP contribution in [0.4, 0.5) is 10.1 Å². The number of benzene rings is 2. The zero-order valence-electron chi connectivity index (χ0n) is 24.7. The van der Waals surface area contributed by atoms with Crippen molar-refractivity contribution in [2.24, 2.45) is 0 Å². The number of halogens is 2. The van der Waals surface area contributed by atoms with Crippen molar-refractivity contribution in [3.05, 3.63) is 59.5 Å². The second-order valence-electron chi connectivity index (χ2n) is 10.3. The van der Waals surface area contributed by atoms with Gasteiger partial charge >= 0.3 is 5.97 Å². The minimum Gasteiger partial charge on any atom is -0.497 e. The number of nitrogens with one attached hydrogen (secondary N) is 1. The molecule has 0 aromatic heterocycles. The van der Waals surface area contributed by atoms with Crippen LogP contribution < -0.4 is 19.7 Å². The Morgan fingerprint density at radius 2 is 1.69 bits per heavy atom. The predicted octanol–water partition coefficient (Wildman–Crippen LogP) is 3.75. The van der Waals surface area contributed by atoms with Crippen molar-refractivity contribution in [1.82, 2.24) is 15.1 Å². The highest BCUT2D eigenvalue weighted by Crippen LogP contribution is 2.41. The monoisotopic (exact) mass is 604 g/mol. The first-order chi connectivity index (χ1) is 19.9. The summed E-state index contributed by atoms with van der Waals surface area (Å²) in [4.78, 5) is 31.2. The number of anilines is 1. The fourth-order valence-electron chi connectivity index (χ4n) is 5.12. The molecule has 2 aromatic rings. The Hall–Kier alpha value is -3.18. The molecule has 0 aliphatic carbocycles. The molecule has 0 radical (unpaired) electrons. The molecule has 2 aliphatic rings. The Labute approximate surface area is 254 Å². The lowest BCUT2D eigenvalue weighted by Gasteiger charge is -2.34. The standard InChI is InChI=1S/C31H41FN4O5.ClH/c1-4-30(38)41-28-11-10-27(32)26-20-24(23-6-8-25(40-3)9-7-23)21-36(31(26)28)13-5-12-33-29(37)22-35-16-14-34(15-17-35)18-19-39-2;/h6-11,21H,4-5,12-20,22H2,1-3H3,(H,33,37);1H. The average Bonchev–Trinajstić information content (AvgIpc) is 3.00. The number of rotatable bonds is 13. The molecule has 1 saturated heterocycles. The summed E-state index contributed by atoms with van der Waals surface area (Å²) in [5, 5.41) is 3.03. The number of carbonyl (C=O) groups is 2. The van der Waals surface area contributed by atoms with Crippen LogP contribution in [-0.2, 0) is 20.7 Å². The molecular weight excluding hydrogens is 563 g/mol. The van der Waals surface area contributed by atoms with Gasteiger partial charge in [-0.2, -0.15) is 0 Å². The maximum Gasteiger partial charge on any atom is 0.310 e. The fourth-order valence-corrected chi connectivity index (χ4v) is 5.12. The number of ether oxygens (including phenoxy) is 3. The minimum atomic E-state index is -0.379. The molecule has 2 aromatic carbocycles. The van der Waals surface area contributed by atoms with Gasteiger partial charge in [0, 0.05) is 77.5 Å². The molecule has 1 N–H and O–H groups in total. The van der Waals surface area contributed by atoms with Gasteiger partial charge in [-0.1, -0.05) is 19.1 Å². The largest absolute Gasteiger partial charge is 0.497 e. The number of esters is 1. The van der Waals surface area contributed by atoms with Crippen LogP contribution in [0.25, 0.3) is 5.57 Å². The number of nitrogens with zero attached hydrogens (tertiary/aromatic N) is 3. The third-order valence-corrected chi connectivity index (χ3v) is 7.47.